The fourth-order valence-corrected chi connectivity index (χ4v) is 0.850. The molecule has 0 aromatic carbocycles. The molecule has 0 spiro atoms. The predicted molar refractivity (Wildman–Crippen MR) is 56.9 cm³/mol. The van der Waals surface area contributed by atoms with Gasteiger partial charge in [-0.25, -0.2) is 14.8 Å². The Kier molecular flexibility index (Phi) is 4.78. The van der Waals surface area contributed by atoms with E-state index in [1.54, 1.807) is 32.3 Å². The van der Waals surface area contributed by atoms with Crippen molar-refractivity contribution >= 4 is 11.9 Å². The lowest BCUT2D eigenvalue weighted by Gasteiger charge is -1.95. The number of esters is 1. The zero-order chi connectivity index (χ0) is 11.8. The molecule has 0 atom stereocenters. The lowest BCUT2D eigenvalue weighted by atomic mass is 10.4. The van der Waals surface area contributed by atoms with E-state index >= 15 is 0 Å². The summed E-state index contributed by atoms with van der Waals surface area (Å²) in [4.78, 5) is 18.7. The van der Waals surface area contributed by atoms with Gasteiger partial charge < -0.3 is 4.74 Å². The number of ether oxygens (including phenoxy) is 1. The van der Waals surface area contributed by atoms with E-state index in [0.717, 1.165) is 0 Å². The fraction of sp³-hybridized carbons (Fsp3) is 0.300. The monoisotopic (exact) mass is 220 g/mol. The minimum Gasteiger partial charge on any atom is -0.463 e. The van der Waals surface area contributed by atoms with Gasteiger partial charge in [0.25, 0.3) is 5.95 Å². The van der Waals surface area contributed by atoms with E-state index < -0.39 is 5.97 Å². The van der Waals surface area contributed by atoms with Crippen LogP contribution in [0.5, 0.6) is 0 Å². The Morgan fingerprint density at radius 2 is 2.19 bits per heavy atom. The van der Waals surface area contributed by atoms with Crippen molar-refractivity contribution in [3.05, 3.63) is 30.2 Å². The molecular weight excluding hydrogens is 208 g/mol. The van der Waals surface area contributed by atoms with Crippen molar-refractivity contribution in [3.8, 4) is 0 Å². The summed E-state index contributed by atoms with van der Waals surface area (Å²) in [6.07, 6.45) is 4.38. The molecule has 0 bridgehead atoms. The second-order valence-electron chi connectivity index (χ2n) is 2.79. The zero-order valence-electron chi connectivity index (χ0n) is 9.12. The zero-order valence-corrected chi connectivity index (χ0v) is 9.12. The van der Waals surface area contributed by atoms with E-state index in [1.807, 2.05) is 0 Å². The van der Waals surface area contributed by atoms with Crippen molar-refractivity contribution in [2.45, 2.75) is 13.8 Å². The van der Waals surface area contributed by atoms with Gasteiger partial charge >= 0.3 is 5.97 Å². The first-order chi connectivity index (χ1) is 7.72. The van der Waals surface area contributed by atoms with Gasteiger partial charge in [-0.1, -0.05) is 0 Å². The summed E-state index contributed by atoms with van der Waals surface area (Å²) in [5.74, 6) is -0.188. The van der Waals surface area contributed by atoms with Gasteiger partial charge in [0.05, 0.1) is 12.3 Å². The quantitative estimate of drug-likeness (QED) is 0.442. The molecule has 1 aromatic heterocycles. The summed E-state index contributed by atoms with van der Waals surface area (Å²) in [7, 11) is 0. The third kappa shape index (κ3) is 4.41. The second-order valence-corrected chi connectivity index (χ2v) is 2.79. The molecule has 6 heteroatoms. The molecule has 0 fully saturated rings. The molecule has 0 aliphatic heterocycles. The average Bonchev–Trinajstić information content (AvgIpc) is 2.28. The molecule has 0 amide bonds. The molecule has 16 heavy (non-hydrogen) atoms. The molecule has 0 unspecified atom stereocenters. The van der Waals surface area contributed by atoms with Crippen molar-refractivity contribution in [3.63, 3.8) is 0 Å². The van der Waals surface area contributed by atoms with Crippen LogP contribution < -0.4 is 0 Å². The van der Waals surface area contributed by atoms with Gasteiger partial charge in [-0.2, -0.15) is 5.11 Å². The first kappa shape index (κ1) is 12.0. The number of hydrogen-bond donors (Lipinski definition) is 0. The van der Waals surface area contributed by atoms with Crippen LogP contribution in [-0.4, -0.2) is 22.5 Å². The first-order valence-corrected chi connectivity index (χ1v) is 4.76. The summed E-state index contributed by atoms with van der Waals surface area (Å²) in [5, 5.41) is 7.52. The van der Waals surface area contributed by atoms with Crippen LogP contribution in [0.25, 0.3) is 0 Å². The van der Waals surface area contributed by atoms with Crippen molar-refractivity contribution in [1.82, 2.24) is 9.97 Å². The van der Waals surface area contributed by atoms with E-state index in [1.165, 1.54) is 6.08 Å². The van der Waals surface area contributed by atoms with Gasteiger partial charge in [0, 0.05) is 18.5 Å². The van der Waals surface area contributed by atoms with Gasteiger partial charge in [-0.05, 0) is 19.9 Å². The molecule has 1 heterocycles. The number of nitrogens with zero attached hydrogens (tertiary/aromatic N) is 4. The number of carbonyl (C=O) groups excluding carboxylic acids is 1. The molecule has 6 nitrogen and oxygen atoms in total. The van der Waals surface area contributed by atoms with Crippen molar-refractivity contribution in [2.75, 3.05) is 6.61 Å². The lowest BCUT2D eigenvalue weighted by Crippen LogP contribution is -1.99. The van der Waals surface area contributed by atoms with Crippen LogP contribution in [0.1, 0.15) is 13.8 Å². The van der Waals surface area contributed by atoms with Crippen LogP contribution in [0.4, 0.5) is 5.95 Å². The second kappa shape index (κ2) is 6.39. The van der Waals surface area contributed by atoms with Crippen LogP contribution in [0, 0.1) is 0 Å². The van der Waals surface area contributed by atoms with Crippen molar-refractivity contribution in [2.24, 2.45) is 10.2 Å². The van der Waals surface area contributed by atoms with E-state index in [-0.39, 0.29) is 5.95 Å². The standard InChI is InChI=1S/C10H12N4O2/c1-3-16-9(15)7-8(2)13-14-10-11-5-4-6-12-10/h4-7H,3H2,1-2H3/b8-7+,14-13?. The Bertz CT molecular complexity index is 401. The summed E-state index contributed by atoms with van der Waals surface area (Å²) in [6.45, 7) is 3.71. The maximum absolute atomic E-state index is 11.0. The van der Waals surface area contributed by atoms with Crippen molar-refractivity contribution in [1.29, 1.82) is 0 Å². The number of aromatic nitrogens is 2. The maximum Gasteiger partial charge on any atom is 0.332 e. The molecule has 84 valence electrons. The highest BCUT2D eigenvalue weighted by atomic mass is 16.5. The van der Waals surface area contributed by atoms with Gasteiger partial charge in [0.2, 0.25) is 0 Å². The highest BCUT2D eigenvalue weighted by Crippen LogP contribution is 2.04. The average molecular weight is 220 g/mol. The van der Waals surface area contributed by atoms with Crippen LogP contribution in [-0.2, 0) is 9.53 Å². The third-order valence-corrected chi connectivity index (χ3v) is 1.46. The van der Waals surface area contributed by atoms with Crippen LogP contribution in [0.15, 0.2) is 40.5 Å². The molecule has 0 radical (unpaired) electrons. The fourth-order valence-electron chi connectivity index (χ4n) is 0.850. The van der Waals surface area contributed by atoms with Gasteiger partial charge in [-0.15, -0.1) is 5.11 Å². The summed E-state index contributed by atoms with van der Waals surface area (Å²) >= 11 is 0. The van der Waals surface area contributed by atoms with Crippen LogP contribution in [0.2, 0.25) is 0 Å². The normalized spacial score (nSPS) is 11.8. The number of rotatable bonds is 4. The van der Waals surface area contributed by atoms with E-state index in [2.05, 4.69) is 20.2 Å². The third-order valence-electron chi connectivity index (χ3n) is 1.46. The van der Waals surface area contributed by atoms with Gasteiger partial charge in [0.15, 0.2) is 0 Å². The number of allylic oxidation sites excluding steroid dienone is 1. The van der Waals surface area contributed by atoms with Crippen LogP contribution in [0.3, 0.4) is 0 Å². The smallest absolute Gasteiger partial charge is 0.332 e. The van der Waals surface area contributed by atoms with Crippen molar-refractivity contribution < 1.29 is 9.53 Å². The number of azo groups is 1. The van der Waals surface area contributed by atoms with E-state index in [4.69, 9.17) is 4.74 Å². The van der Waals surface area contributed by atoms with Crippen LogP contribution >= 0.6 is 0 Å². The summed E-state index contributed by atoms with van der Waals surface area (Å²) < 4.78 is 4.72. The molecule has 0 N–H and O–H groups in total. The SMILES string of the molecule is CCOC(=O)/C=C(\C)N=Nc1ncccn1. The Labute approximate surface area is 93.1 Å². The minimum absolute atomic E-state index is 0.249. The highest BCUT2D eigenvalue weighted by molar-refractivity contribution is 5.82. The Balaban J connectivity index is 2.60. The number of hydrogen-bond acceptors (Lipinski definition) is 6. The van der Waals surface area contributed by atoms with E-state index in [0.29, 0.717) is 12.3 Å². The summed E-state index contributed by atoms with van der Waals surface area (Å²) in [6, 6.07) is 1.68. The Morgan fingerprint density at radius 3 is 2.81 bits per heavy atom. The Morgan fingerprint density at radius 1 is 1.50 bits per heavy atom. The van der Waals surface area contributed by atoms with E-state index in [9.17, 15) is 4.79 Å². The maximum atomic E-state index is 11.0. The molecule has 0 aliphatic rings. The largest absolute Gasteiger partial charge is 0.463 e. The minimum atomic E-state index is -0.437. The topological polar surface area (TPSA) is 76.8 Å². The molecule has 0 saturated carbocycles. The van der Waals surface area contributed by atoms with Gasteiger partial charge in [-0.3, -0.25) is 0 Å². The Hall–Kier alpha value is -2.11. The lowest BCUT2D eigenvalue weighted by molar-refractivity contribution is -0.137. The highest BCUT2D eigenvalue weighted by Gasteiger charge is 1.97. The summed E-state index contributed by atoms with van der Waals surface area (Å²) in [5.41, 5.74) is 0.436. The molecular formula is C10H12N4O2. The molecule has 1 aromatic rings. The number of carbonyl (C=O) groups is 1. The first-order valence-electron chi connectivity index (χ1n) is 4.76. The predicted octanol–water partition coefficient (Wildman–Crippen LogP) is 2.03. The molecule has 1 rings (SSSR count). The molecule has 0 aliphatic carbocycles. The van der Waals surface area contributed by atoms with Gasteiger partial charge in [0.1, 0.15) is 0 Å². The molecule has 0 saturated heterocycles.